The number of ether oxygens (including phenoxy) is 4. The summed E-state index contributed by atoms with van der Waals surface area (Å²) in [5, 5.41) is 0. The zero-order valence-corrected chi connectivity index (χ0v) is 14.4. The second-order valence-corrected chi connectivity index (χ2v) is 5.14. The Hall–Kier alpha value is -3.02. The molecule has 0 fully saturated rings. The number of carbonyl (C=O) groups is 2. The van der Waals surface area contributed by atoms with Crippen molar-refractivity contribution < 1.29 is 28.5 Å². The monoisotopic (exact) mass is 344 g/mol. The van der Waals surface area contributed by atoms with Crippen LogP contribution in [0.4, 0.5) is 0 Å². The van der Waals surface area contributed by atoms with E-state index in [9.17, 15) is 9.59 Å². The number of carbonyl (C=O) groups excluding carboxylic acids is 2. The maximum atomic E-state index is 11.5. The molecule has 0 atom stereocenters. The lowest BCUT2D eigenvalue weighted by Gasteiger charge is -2.12. The molecule has 6 nitrogen and oxygen atoms in total. The number of hydrogen-bond donors (Lipinski definition) is 0. The van der Waals surface area contributed by atoms with Crippen LogP contribution in [0, 0.1) is 0 Å². The Labute approximate surface area is 146 Å². The van der Waals surface area contributed by atoms with Crippen LogP contribution in [0.5, 0.6) is 17.2 Å². The van der Waals surface area contributed by atoms with Crippen LogP contribution in [0.2, 0.25) is 0 Å². The summed E-state index contributed by atoms with van der Waals surface area (Å²) in [4.78, 5) is 22.9. The third-order valence-electron chi connectivity index (χ3n) is 3.43. The molecule has 0 aliphatic rings. The van der Waals surface area contributed by atoms with Crippen LogP contribution in [0.25, 0.3) is 0 Å². The Morgan fingerprint density at radius 2 is 1.64 bits per heavy atom. The van der Waals surface area contributed by atoms with Gasteiger partial charge in [-0.15, -0.1) is 0 Å². The van der Waals surface area contributed by atoms with E-state index >= 15 is 0 Å². The number of Topliss-reactive ketones (excluding diaryl/α,β-unsaturated/α-hetero) is 1. The summed E-state index contributed by atoms with van der Waals surface area (Å²) in [5.41, 5.74) is 0.975. The average Bonchev–Trinajstić information content (AvgIpc) is 2.64. The summed E-state index contributed by atoms with van der Waals surface area (Å²) in [6.45, 7) is 2.05. The van der Waals surface area contributed by atoms with Gasteiger partial charge in [-0.05, 0) is 43.3 Å². The standard InChI is InChI=1S/C19H20O6/c1-13(20)14-7-8-17(18(12-14)22-2)25-10-9-24-16-6-4-5-15(11-16)19(21)23-3/h4-8,11-12H,9-10H2,1-3H3. The third kappa shape index (κ3) is 4.97. The molecule has 0 spiro atoms. The predicted molar refractivity (Wildman–Crippen MR) is 91.8 cm³/mol. The topological polar surface area (TPSA) is 71.1 Å². The largest absolute Gasteiger partial charge is 0.493 e. The van der Waals surface area contributed by atoms with E-state index in [1.54, 1.807) is 42.5 Å². The van der Waals surface area contributed by atoms with E-state index in [4.69, 9.17) is 14.2 Å². The van der Waals surface area contributed by atoms with E-state index in [-0.39, 0.29) is 19.0 Å². The Bertz CT molecular complexity index is 753. The quantitative estimate of drug-likeness (QED) is 0.416. The van der Waals surface area contributed by atoms with Gasteiger partial charge in [-0.1, -0.05) is 6.07 Å². The van der Waals surface area contributed by atoms with Gasteiger partial charge in [0.1, 0.15) is 19.0 Å². The van der Waals surface area contributed by atoms with Crippen molar-refractivity contribution in [2.24, 2.45) is 0 Å². The molecule has 0 aromatic heterocycles. The summed E-state index contributed by atoms with van der Waals surface area (Å²) in [7, 11) is 2.84. The number of methoxy groups -OCH3 is 2. The van der Waals surface area contributed by atoms with E-state index in [0.717, 1.165) is 0 Å². The molecular weight excluding hydrogens is 324 g/mol. The van der Waals surface area contributed by atoms with Crippen molar-refractivity contribution in [1.82, 2.24) is 0 Å². The smallest absolute Gasteiger partial charge is 0.337 e. The molecular formula is C19H20O6. The first-order valence-corrected chi connectivity index (χ1v) is 7.68. The van der Waals surface area contributed by atoms with Gasteiger partial charge < -0.3 is 18.9 Å². The molecule has 0 radical (unpaired) electrons. The fourth-order valence-electron chi connectivity index (χ4n) is 2.15. The lowest BCUT2D eigenvalue weighted by Crippen LogP contribution is -2.10. The number of ketones is 1. The fourth-order valence-corrected chi connectivity index (χ4v) is 2.15. The highest BCUT2D eigenvalue weighted by atomic mass is 16.5. The summed E-state index contributed by atoms with van der Waals surface area (Å²) in [6, 6.07) is 11.7. The molecule has 2 aromatic carbocycles. The zero-order chi connectivity index (χ0) is 18.2. The maximum absolute atomic E-state index is 11.5. The highest BCUT2D eigenvalue weighted by Gasteiger charge is 2.09. The Morgan fingerprint density at radius 1 is 0.880 bits per heavy atom. The zero-order valence-electron chi connectivity index (χ0n) is 14.4. The van der Waals surface area contributed by atoms with Gasteiger partial charge in [0.15, 0.2) is 17.3 Å². The van der Waals surface area contributed by atoms with Gasteiger partial charge in [-0.25, -0.2) is 4.79 Å². The first-order chi connectivity index (χ1) is 12.0. The van der Waals surface area contributed by atoms with E-state index < -0.39 is 5.97 Å². The molecule has 0 aliphatic carbocycles. The maximum Gasteiger partial charge on any atom is 0.337 e. The van der Waals surface area contributed by atoms with Crippen molar-refractivity contribution in [3.8, 4) is 17.2 Å². The molecule has 0 amide bonds. The van der Waals surface area contributed by atoms with Gasteiger partial charge in [-0.3, -0.25) is 4.79 Å². The minimum absolute atomic E-state index is 0.0429. The van der Waals surface area contributed by atoms with Crippen LogP contribution in [0.3, 0.4) is 0 Å². The van der Waals surface area contributed by atoms with E-state index in [1.807, 2.05) is 0 Å². The SMILES string of the molecule is COC(=O)c1cccc(OCCOc2ccc(C(C)=O)cc2OC)c1. The number of hydrogen-bond acceptors (Lipinski definition) is 6. The molecule has 25 heavy (non-hydrogen) atoms. The molecule has 0 unspecified atom stereocenters. The van der Waals surface area contributed by atoms with Gasteiger partial charge in [0, 0.05) is 5.56 Å². The highest BCUT2D eigenvalue weighted by Crippen LogP contribution is 2.28. The fraction of sp³-hybridized carbons (Fsp3) is 0.263. The van der Waals surface area contributed by atoms with E-state index in [1.165, 1.54) is 21.1 Å². The van der Waals surface area contributed by atoms with Crippen LogP contribution in [0.15, 0.2) is 42.5 Å². The van der Waals surface area contributed by atoms with Crippen molar-refractivity contribution in [3.05, 3.63) is 53.6 Å². The second-order valence-electron chi connectivity index (χ2n) is 5.14. The number of benzene rings is 2. The van der Waals surface area contributed by atoms with Gasteiger partial charge in [0.25, 0.3) is 0 Å². The summed E-state index contributed by atoms with van der Waals surface area (Å²) < 4.78 is 21.1. The molecule has 0 saturated heterocycles. The minimum atomic E-state index is -0.419. The lowest BCUT2D eigenvalue weighted by atomic mass is 10.1. The van der Waals surface area contributed by atoms with Crippen LogP contribution in [0.1, 0.15) is 27.6 Å². The minimum Gasteiger partial charge on any atom is -0.493 e. The molecule has 0 saturated carbocycles. The van der Waals surface area contributed by atoms with Crippen LogP contribution in [-0.4, -0.2) is 39.2 Å². The molecule has 6 heteroatoms. The van der Waals surface area contributed by atoms with Gasteiger partial charge in [-0.2, -0.15) is 0 Å². The van der Waals surface area contributed by atoms with Crippen molar-refractivity contribution in [2.75, 3.05) is 27.4 Å². The van der Waals surface area contributed by atoms with Crippen molar-refractivity contribution in [3.63, 3.8) is 0 Å². The van der Waals surface area contributed by atoms with Crippen molar-refractivity contribution >= 4 is 11.8 Å². The van der Waals surface area contributed by atoms with Crippen LogP contribution < -0.4 is 14.2 Å². The summed E-state index contributed by atoms with van der Waals surface area (Å²) in [5.74, 6) is 1.10. The summed E-state index contributed by atoms with van der Waals surface area (Å²) >= 11 is 0. The first kappa shape index (κ1) is 18.3. The lowest BCUT2D eigenvalue weighted by molar-refractivity contribution is 0.0600. The molecule has 0 N–H and O–H groups in total. The predicted octanol–water partition coefficient (Wildman–Crippen LogP) is 3.14. The van der Waals surface area contributed by atoms with Crippen LogP contribution in [-0.2, 0) is 4.74 Å². The first-order valence-electron chi connectivity index (χ1n) is 7.68. The average molecular weight is 344 g/mol. The second kappa shape index (κ2) is 8.73. The molecule has 0 bridgehead atoms. The van der Waals surface area contributed by atoms with Crippen molar-refractivity contribution in [1.29, 1.82) is 0 Å². The van der Waals surface area contributed by atoms with Gasteiger partial charge in [0.05, 0.1) is 19.8 Å². The Balaban J connectivity index is 1.91. The van der Waals surface area contributed by atoms with E-state index in [2.05, 4.69) is 4.74 Å². The molecule has 2 aromatic rings. The third-order valence-corrected chi connectivity index (χ3v) is 3.43. The highest BCUT2D eigenvalue weighted by molar-refractivity contribution is 5.94. The molecule has 2 rings (SSSR count). The molecule has 0 heterocycles. The number of esters is 1. The van der Waals surface area contributed by atoms with Crippen molar-refractivity contribution in [2.45, 2.75) is 6.92 Å². The van der Waals surface area contributed by atoms with Gasteiger partial charge in [0.2, 0.25) is 0 Å². The normalized spacial score (nSPS) is 10.0. The molecule has 0 aliphatic heterocycles. The van der Waals surface area contributed by atoms with E-state index in [0.29, 0.717) is 28.4 Å². The number of rotatable bonds is 8. The summed E-state index contributed by atoms with van der Waals surface area (Å²) in [6.07, 6.45) is 0. The Morgan fingerprint density at radius 3 is 2.32 bits per heavy atom. The Kier molecular flexibility index (Phi) is 6.39. The molecule has 132 valence electrons. The van der Waals surface area contributed by atoms with Gasteiger partial charge >= 0.3 is 5.97 Å². The van der Waals surface area contributed by atoms with Crippen LogP contribution >= 0.6 is 0 Å².